The number of nitrogens with zero attached hydrogens (tertiary/aromatic N) is 1. The van der Waals surface area contributed by atoms with Gasteiger partial charge < -0.3 is 15.4 Å². The lowest BCUT2D eigenvalue weighted by Gasteiger charge is -2.18. The third-order valence-corrected chi connectivity index (χ3v) is 4.11. The highest BCUT2D eigenvalue weighted by Gasteiger charge is 2.22. The van der Waals surface area contributed by atoms with Gasteiger partial charge in [0.25, 0.3) is 11.6 Å². The van der Waals surface area contributed by atoms with E-state index in [1.165, 1.54) is 25.3 Å². The van der Waals surface area contributed by atoms with E-state index in [-0.39, 0.29) is 17.7 Å². The molecular weight excluding hydrogens is 350 g/mol. The van der Waals surface area contributed by atoms with Crippen LogP contribution in [0.2, 0.25) is 0 Å². The predicted molar refractivity (Wildman–Crippen MR) is 101 cm³/mol. The summed E-state index contributed by atoms with van der Waals surface area (Å²) in [6, 6.07) is 10.9. The first-order valence-corrected chi connectivity index (χ1v) is 8.26. The van der Waals surface area contributed by atoms with Crippen LogP contribution in [0.1, 0.15) is 33.9 Å². The average molecular weight is 371 g/mol. The quantitative estimate of drug-likeness (QED) is 0.440. The Morgan fingerprint density at radius 3 is 2.41 bits per heavy atom. The predicted octanol–water partition coefficient (Wildman–Crippen LogP) is 2.98. The molecule has 8 nitrogen and oxygen atoms in total. The number of hydrogen-bond donors (Lipinski definition) is 2. The summed E-state index contributed by atoms with van der Waals surface area (Å²) in [5.41, 5.74) is 2.01. The molecule has 0 spiro atoms. The largest absolute Gasteiger partial charge is 0.469 e. The molecule has 142 valence electrons. The molecule has 1 amide bonds. The van der Waals surface area contributed by atoms with E-state index in [1.807, 2.05) is 31.2 Å². The number of nitro groups is 1. The molecule has 27 heavy (non-hydrogen) atoms. The van der Waals surface area contributed by atoms with Crippen LogP contribution in [-0.2, 0) is 9.53 Å². The second kappa shape index (κ2) is 8.79. The van der Waals surface area contributed by atoms with Gasteiger partial charge in [-0.15, -0.1) is 0 Å². The Labute approximate surface area is 156 Å². The monoisotopic (exact) mass is 371 g/mol. The van der Waals surface area contributed by atoms with E-state index in [0.717, 1.165) is 11.1 Å². The van der Waals surface area contributed by atoms with Crippen molar-refractivity contribution in [3.05, 3.63) is 69.3 Å². The lowest BCUT2D eigenvalue weighted by atomic mass is 10.0. The summed E-state index contributed by atoms with van der Waals surface area (Å²) < 4.78 is 4.71. The number of benzene rings is 2. The van der Waals surface area contributed by atoms with Gasteiger partial charge in [0, 0.05) is 18.7 Å². The van der Waals surface area contributed by atoms with E-state index >= 15 is 0 Å². The van der Waals surface area contributed by atoms with E-state index in [0.29, 0.717) is 5.69 Å². The molecule has 0 aliphatic heterocycles. The molecule has 1 atom stereocenters. The number of esters is 1. The minimum atomic E-state index is -0.617. The van der Waals surface area contributed by atoms with Crippen LogP contribution < -0.4 is 10.6 Å². The molecule has 0 saturated carbocycles. The minimum Gasteiger partial charge on any atom is -0.469 e. The van der Waals surface area contributed by atoms with Crippen molar-refractivity contribution in [1.29, 1.82) is 0 Å². The zero-order valence-corrected chi connectivity index (χ0v) is 15.3. The molecular formula is C19H21N3O5. The SMILES string of the molecule is CNc1ccc(C(=O)N[C@@H](CC(=O)OC)c2ccc(C)cc2)cc1[N+](=O)[O-]. The molecule has 2 aromatic rings. The topological polar surface area (TPSA) is 111 Å². The van der Waals surface area contributed by atoms with Crippen LogP contribution in [0.15, 0.2) is 42.5 Å². The first kappa shape index (κ1) is 19.9. The average Bonchev–Trinajstić information content (AvgIpc) is 2.67. The van der Waals surface area contributed by atoms with Gasteiger partial charge in [-0.1, -0.05) is 29.8 Å². The molecule has 0 bridgehead atoms. The maximum atomic E-state index is 12.6. The summed E-state index contributed by atoms with van der Waals surface area (Å²) in [6.07, 6.45) is -0.0536. The van der Waals surface area contributed by atoms with Gasteiger partial charge in [-0.05, 0) is 24.6 Å². The molecule has 0 aliphatic rings. The number of ether oxygens (including phenoxy) is 1. The second-order valence-corrected chi connectivity index (χ2v) is 5.96. The fourth-order valence-corrected chi connectivity index (χ4v) is 2.58. The molecule has 2 rings (SSSR count). The van der Waals surface area contributed by atoms with Gasteiger partial charge in [-0.25, -0.2) is 0 Å². The van der Waals surface area contributed by atoms with Crippen LogP contribution in [0.3, 0.4) is 0 Å². The Morgan fingerprint density at radius 1 is 1.19 bits per heavy atom. The Balaban J connectivity index is 2.29. The Morgan fingerprint density at radius 2 is 1.85 bits per heavy atom. The van der Waals surface area contributed by atoms with Crippen LogP contribution in [0.25, 0.3) is 0 Å². The zero-order chi connectivity index (χ0) is 20.0. The summed E-state index contributed by atoms with van der Waals surface area (Å²) in [5, 5.41) is 16.7. The first-order chi connectivity index (χ1) is 12.8. The molecule has 2 aromatic carbocycles. The maximum absolute atomic E-state index is 12.6. The number of nitro benzene ring substituents is 1. The van der Waals surface area contributed by atoms with Crippen molar-refractivity contribution < 1.29 is 19.2 Å². The number of carbonyl (C=O) groups excluding carboxylic acids is 2. The van der Waals surface area contributed by atoms with E-state index in [4.69, 9.17) is 4.74 Å². The second-order valence-electron chi connectivity index (χ2n) is 5.96. The highest BCUT2D eigenvalue weighted by Crippen LogP contribution is 2.26. The number of carbonyl (C=O) groups is 2. The first-order valence-electron chi connectivity index (χ1n) is 8.26. The van der Waals surface area contributed by atoms with E-state index < -0.39 is 22.8 Å². The van der Waals surface area contributed by atoms with Gasteiger partial charge in [0.05, 0.1) is 24.5 Å². The van der Waals surface area contributed by atoms with Gasteiger partial charge in [0.15, 0.2) is 0 Å². The smallest absolute Gasteiger partial charge is 0.307 e. The van der Waals surface area contributed by atoms with Crippen molar-refractivity contribution in [2.45, 2.75) is 19.4 Å². The van der Waals surface area contributed by atoms with Crippen molar-refractivity contribution in [3.8, 4) is 0 Å². The molecule has 0 fully saturated rings. The standard InChI is InChI=1S/C19H21N3O5/c1-12-4-6-13(7-5-12)16(11-18(23)27-3)21-19(24)14-8-9-15(20-2)17(10-14)22(25)26/h4-10,16,20H,11H2,1-3H3,(H,21,24)/t16-/m0/s1. The van der Waals surface area contributed by atoms with Crippen molar-refractivity contribution in [3.63, 3.8) is 0 Å². The fraction of sp³-hybridized carbons (Fsp3) is 0.263. The normalized spacial score (nSPS) is 11.4. The van der Waals surface area contributed by atoms with Gasteiger partial charge in [0.2, 0.25) is 0 Å². The Kier molecular flexibility index (Phi) is 6.48. The summed E-state index contributed by atoms with van der Waals surface area (Å²) in [5.74, 6) is -0.993. The van der Waals surface area contributed by atoms with Crippen molar-refractivity contribution in [2.24, 2.45) is 0 Å². The van der Waals surface area contributed by atoms with Gasteiger partial charge in [0.1, 0.15) is 5.69 Å². The summed E-state index contributed by atoms with van der Waals surface area (Å²) >= 11 is 0. The number of methoxy groups -OCH3 is 1. The zero-order valence-electron chi connectivity index (χ0n) is 15.3. The number of anilines is 1. The summed E-state index contributed by atoms with van der Waals surface area (Å²) in [4.78, 5) is 35.0. The van der Waals surface area contributed by atoms with Gasteiger partial charge >= 0.3 is 5.97 Å². The molecule has 0 radical (unpaired) electrons. The number of aryl methyl sites for hydroxylation is 1. The Bertz CT molecular complexity index is 849. The lowest BCUT2D eigenvalue weighted by molar-refractivity contribution is -0.384. The molecule has 8 heteroatoms. The highest BCUT2D eigenvalue weighted by atomic mass is 16.6. The number of nitrogens with one attached hydrogen (secondary N) is 2. The van der Waals surface area contributed by atoms with Crippen LogP contribution in [0.5, 0.6) is 0 Å². The molecule has 0 heterocycles. The Hall–Kier alpha value is -3.42. The van der Waals surface area contributed by atoms with Crippen LogP contribution in [0, 0.1) is 17.0 Å². The van der Waals surface area contributed by atoms with Gasteiger partial charge in [-0.2, -0.15) is 0 Å². The van der Waals surface area contributed by atoms with E-state index in [9.17, 15) is 19.7 Å². The number of rotatable bonds is 7. The van der Waals surface area contributed by atoms with Crippen LogP contribution >= 0.6 is 0 Å². The van der Waals surface area contributed by atoms with E-state index in [1.54, 1.807) is 7.05 Å². The molecule has 0 aromatic heterocycles. The maximum Gasteiger partial charge on any atom is 0.307 e. The third-order valence-electron chi connectivity index (χ3n) is 4.11. The molecule has 0 saturated heterocycles. The summed E-state index contributed by atoms with van der Waals surface area (Å²) in [7, 11) is 2.84. The third kappa shape index (κ3) is 5.04. The van der Waals surface area contributed by atoms with Crippen molar-refractivity contribution >= 4 is 23.3 Å². The number of amides is 1. The minimum absolute atomic E-state index is 0.0536. The van der Waals surface area contributed by atoms with Gasteiger partial charge in [-0.3, -0.25) is 19.7 Å². The van der Waals surface area contributed by atoms with Crippen LogP contribution in [0.4, 0.5) is 11.4 Å². The molecule has 0 unspecified atom stereocenters. The lowest BCUT2D eigenvalue weighted by Crippen LogP contribution is -2.30. The van der Waals surface area contributed by atoms with E-state index in [2.05, 4.69) is 10.6 Å². The highest BCUT2D eigenvalue weighted by molar-refractivity contribution is 5.96. The molecule has 2 N–H and O–H groups in total. The fourth-order valence-electron chi connectivity index (χ4n) is 2.58. The molecule has 0 aliphatic carbocycles. The number of hydrogen-bond acceptors (Lipinski definition) is 6. The van der Waals surface area contributed by atoms with Crippen molar-refractivity contribution in [1.82, 2.24) is 5.32 Å². The van der Waals surface area contributed by atoms with Crippen LogP contribution in [-0.4, -0.2) is 31.0 Å². The van der Waals surface area contributed by atoms with Crippen molar-refractivity contribution in [2.75, 3.05) is 19.5 Å². The summed E-state index contributed by atoms with van der Waals surface area (Å²) in [6.45, 7) is 1.93.